The second-order valence-corrected chi connectivity index (χ2v) is 8.13. The molecular weight excluding hydrogens is 352 g/mol. The lowest BCUT2D eigenvalue weighted by atomic mass is 10.1. The lowest BCUT2D eigenvalue weighted by Crippen LogP contribution is -2.26. The molecule has 0 saturated heterocycles. The highest BCUT2D eigenvalue weighted by Crippen LogP contribution is 2.31. The average molecular weight is 374 g/mol. The van der Waals surface area contributed by atoms with Crippen LogP contribution in [0.3, 0.4) is 0 Å². The maximum atomic E-state index is 12.4. The number of anilines is 2. The molecule has 26 heavy (non-hydrogen) atoms. The van der Waals surface area contributed by atoms with Crippen LogP contribution in [0.4, 0.5) is 11.4 Å². The Morgan fingerprint density at radius 2 is 1.92 bits per heavy atom. The van der Waals surface area contributed by atoms with Gasteiger partial charge in [0, 0.05) is 19.2 Å². The monoisotopic (exact) mass is 374 g/mol. The molecule has 6 nitrogen and oxygen atoms in total. The standard InChI is InChI=1S/C19H22N2O4S/c1-14(22)21-11-9-16-5-6-17(13-19(16)21)20-26(23,24)12-10-15-3-7-18(25-2)8-4-15/h3-8,13,20H,9-12H2,1-2H3. The van der Waals surface area contributed by atoms with Gasteiger partial charge in [0.1, 0.15) is 5.75 Å². The molecule has 138 valence electrons. The van der Waals surface area contributed by atoms with Gasteiger partial charge in [0.25, 0.3) is 0 Å². The Kier molecular flexibility index (Phi) is 5.18. The van der Waals surface area contributed by atoms with Gasteiger partial charge >= 0.3 is 0 Å². The van der Waals surface area contributed by atoms with Crippen LogP contribution in [-0.4, -0.2) is 33.7 Å². The fourth-order valence-electron chi connectivity index (χ4n) is 3.04. The van der Waals surface area contributed by atoms with E-state index in [0.717, 1.165) is 29.0 Å². The Morgan fingerprint density at radius 3 is 2.58 bits per heavy atom. The highest BCUT2D eigenvalue weighted by molar-refractivity contribution is 7.92. The van der Waals surface area contributed by atoms with Crippen LogP contribution in [0.5, 0.6) is 5.75 Å². The fraction of sp³-hybridized carbons (Fsp3) is 0.316. The quantitative estimate of drug-likeness (QED) is 0.843. The molecule has 3 rings (SSSR count). The highest BCUT2D eigenvalue weighted by atomic mass is 32.2. The number of nitrogens with one attached hydrogen (secondary N) is 1. The highest BCUT2D eigenvalue weighted by Gasteiger charge is 2.23. The van der Waals surface area contributed by atoms with Crippen molar-refractivity contribution in [2.45, 2.75) is 19.8 Å². The summed E-state index contributed by atoms with van der Waals surface area (Å²) in [5, 5.41) is 0. The van der Waals surface area contributed by atoms with Crippen molar-refractivity contribution in [1.82, 2.24) is 0 Å². The van der Waals surface area contributed by atoms with E-state index in [-0.39, 0.29) is 11.7 Å². The topological polar surface area (TPSA) is 75.7 Å². The molecule has 0 unspecified atom stereocenters. The molecule has 1 N–H and O–H groups in total. The first-order chi connectivity index (χ1) is 12.4. The maximum Gasteiger partial charge on any atom is 0.233 e. The number of ether oxygens (including phenoxy) is 1. The Morgan fingerprint density at radius 1 is 1.19 bits per heavy atom. The zero-order valence-corrected chi connectivity index (χ0v) is 15.7. The summed E-state index contributed by atoms with van der Waals surface area (Å²) in [6.45, 7) is 2.15. The molecule has 2 aromatic rings. The summed E-state index contributed by atoms with van der Waals surface area (Å²) in [4.78, 5) is 13.4. The minimum absolute atomic E-state index is 0.0210. The predicted molar refractivity (Wildman–Crippen MR) is 102 cm³/mol. The molecule has 0 saturated carbocycles. The molecule has 2 aromatic carbocycles. The van der Waals surface area contributed by atoms with Gasteiger partial charge in [-0.15, -0.1) is 0 Å². The summed E-state index contributed by atoms with van der Waals surface area (Å²) in [5.41, 5.74) is 3.24. The number of sulfonamides is 1. The van der Waals surface area contributed by atoms with Gasteiger partial charge in [-0.25, -0.2) is 8.42 Å². The smallest absolute Gasteiger partial charge is 0.233 e. The van der Waals surface area contributed by atoms with Crippen LogP contribution >= 0.6 is 0 Å². The third-order valence-electron chi connectivity index (χ3n) is 4.45. The van der Waals surface area contributed by atoms with Crippen LogP contribution in [0, 0.1) is 0 Å². The van der Waals surface area contributed by atoms with Crippen LogP contribution < -0.4 is 14.4 Å². The van der Waals surface area contributed by atoms with Crippen molar-refractivity contribution in [3.05, 3.63) is 53.6 Å². The van der Waals surface area contributed by atoms with E-state index < -0.39 is 10.0 Å². The molecule has 0 atom stereocenters. The van der Waals surface area contributed by atoms with Gasteiger partial charge in [0.2, 0.25) is 15.9 Å². The van der Waals surface area contributed by atoms with Gasteiger partial charge in [0.15, 0.2) is 0 Å². The largest absolute Gasteiger partial charge is 0.497 e. The zero-order valence-electron chi connectivity index (χ0n) is 14.9. The van der Waals surface area contributed by atoms with Gasteiger partial charge in [-0.05, 0) is 48.2 Å². The molecule has 0 spiro atoms. The SMILES string of the molecule is COc1ccc(CCS(=O)(=O)Nc2ccc3c(c2)N(C(C)=O)CC3)cc1. The third-order valence-corrected chi connectivity index (χ3v) is 5.74. The zero-order chi connectivity index (χ0) is 18.7. The number of rotatable bonds is 6. The minimum Gasteiger partial charge on any atom is -0.497 e. The van der Waals surface area contributed by atoms with Crippen LogP contribution in [0.2, 0.25) is 0 Å². The molecular formula is C19H22N2O4S. The molecule has 0 fully saturated rings. The number of carbonyl (C=O) groups is 1. The van der Waals surface area contributed by atoms with E-state index in [9.17, 15) is 13.2 Å². The summed E-state index contributed by atoms with van der Waals surface area (Å²) >= 11 is 0. The summed E-state index contributed by atoms with van der Waals surface area (Å²) < 4.78 is 32.5. The van der Waals surface area contributed by atoms with Gasteiger partial charge in [0.05, 0.1) is 18.6 Å². The van der Waals surface area contributed by atoms with E-state index in [1.165, 1.54) is 6.92 Å². The number of fused-ring (bicyclic) bond motifs is 1. The van der Waals surface area contributed by atoms with Crippen LogP contribution in [0.25, 0.3) is 0 Å². The van der Waals surface area contributed by atoms with E-state index in [1.54, 1.807) is 24.1 Å². The first kappa shape index (κ1) is 18.3. The van der Waals surface area contributed by atoms with Crippen molar-refractivity contribution in [2.24, 2.45) is 0 Å². The van der Waals surface area contributed by atoms with E-state index in [4.69, 9.17) is 4.74 Å². The molecule has 1 heterocycles. The number of carbonyl (C=O) groups excluding carboxylic acids is 1. The van der Waals surface area contributed by atoms with Crippen molar-refractivity contribution in [1.29, 1.82) is 0 Å². The number of aryl methyl sites for hydroxylation is 1. The lowest BCUT2D eigenvalue weighted by Gasteiger charge is -2.16. The Hall–Kier alpha value is -2.54. The Balaban J connectivity index is 1.67. The van der Waals surface area contributed by atoms with Gasteiger partial charge in [-0.3, -0.25) is 9.52 Å². The molecule has 1 aliphatic heterocycles. The van der Waals surface area contributed by atoms with Crippen molar-refractivity contribution < 1.29 is 17.9 Å². The van der Waals surface area contributed by atoms with Crippen molar-refractivity contribution in [3.63, 3.8) is 0 Å². The van der Waals surface area contributed by atoms with E-state index in [2.05, 4.69) is 4.72 Å². The van der Waals surface area contributed by atoms with Gasteiger partial charge in [-0.1, -0.05) is 18.2 Å². The predicted octanol–water partition coefficient (Wildman–Crippen LogP) is 2.59. The first-order valence-electron chi connectivity index (χ1n) is 8.42. The second-order valence-electron chi connectivity index (χ2n) is 6.28. The fourth-order valence-corrected chi connectivity index (χ4v) is 4.14. The number of nitrogens with zero attached hydrogens (tertiary/aromatic N) is 1. The number of hydrogen-bond acceptors (Lipinski definition) is 4. The van der Waals surface area contributed by atoms with E-state index >= 15 is 0 Å². The number of hydrogen-bond donors (Lipinski definition) is 1. The van der Waals surface area contributed by atoms with Crippen molar-refractivity contribution in [2.75, 3.05) is 29.0 Å². The van der Waals surface area contributed by atoms with Crippen LogP contribution in [0.1, 0.15) is 18.1 Å². The van der Waals surface area contributed by atoms with Crippen LogP contribution in [0.15, 0.2) is 42.5 Å². The molecule has 0 aromatic heterocycles. The summed E-state index contributed by atoms with van der Waals surface area (Å²) in [7, 11) is -1.90. The van der Waals surface area contributed by atoms with E-state index in [0.29, 0.717) is 18.7 Å². The lowest BCUT2D eigenvalue weighted by molar-refractivity contribution is -0.116. The Labute approximate surface area is 153 Å². The number of benzene rings is 2. The Bertz CT molecular complexity index is 908. The number of amides is 1. The molecule has 0 radical (unpaired) electrons. The van der Waals surface area contributed by atoms with Crippen molar-refractivity contribution >= 4 is 27.3 Å². The molecule has 0 bridgehead atoms. The van der Waals surface area contributed by atoms with Crippen LogP contribution in [-0.2, 0) is 27.7 Å². The van der Waals surface area contributed by atoms with Gasteiger partial charge in [-0.2, -0.15) is 0 Å². The number of methoxy groups -OCH3 is 1. The minimum atomic E-state index is -3.49. The third kappa shape index (κ3) is 4.16. The normalized spacial score (nSPS) is 13.4. The summed E-state index contributed by atoms with van der Waals surface area (Å²) in [5.74, 6) is 0.679. The molecule has 0 aliphatic carbocycles. The molecule has 7 heteroatoms. The average Bonchev–Trinajstić information content (AvgIpc) is 3.03. The van der Waals surface area contributed by atoms with Crippen molar-refractivity contribution in [3.8, 4) is 5.75 Å². The summed E-state index contributed by atoms with van der Waals surface area (Å²) in [6, 6.07) is 12.7. The first-order valence-corrected chi connectivity index (χ1v) is 10.1. The van der Waals surface area contributed by atoms with E-state index in [1.807, 2.05) is 30.3 Å². The summed E-state index contributed by atoms with van der Waals surface area (Å²) in [6.07, 6.45) is 1.20. The molecule has 1 amide bonds. The second kappa shape index (κ2) is 7.37. The van der Waals surface area contributed by atoms with Gasteiger partial charge < -0.3 is 9.64 Å². The maximum absolute atomic E-state index is 12.4. The molecule has 1 aliphatic rings.